The minimum Gasteiger partial charge on any atom is -0.373 e. The van der Waals surface area contributed by atoms with E-state index in [0.717, 1.165) is 38.6 Å². The van der Waals surface area contributed by atoms with Gasteiger partial charge in [-0.15, -0.1) is 0 Å². The molecule has 0 radical (unpaired) electrons. The van der Waals surface area contributed by atoms with Crippen LogP contribution in [-0.2, 0) is 14.6 Å². The molecule has 1 rings (SSSR count). The van der Waals surface area contributed by atoms with Gasteiger partial charge in [-0.1, -0.05) is 0 Å². The Morgan fingerprint density at radius 2 is 1.96 bits per heavy atom. The first-order valence-electron chi connectivity index (χ1n) is 8.72. The topological polar surface area (TPSA) is 83.0 Å². The Morgan fingerprint density at radius 1 is 1.33 bits per heavy atom. The van der Waals surface area contributed by atoms with Crippen molar-refractivity contribution in [3.05, 3.63) is 0 Å². The summed E-state index contributed by atoms with van der Waals surface area (Å²) in [6, 6.07) is 0.0619. The van der Waals surface area contributed by atoms with E-state index < -0.39 is 9.84 Å². The van der Waals surface area contributed by atoms with Crippen molar-refractivity contribution in [2.45, 2.75) is 51.9 Å². The summed E-state index contributed by atoms with van der Waals surface area (Å²) in [5.74, 6) is 0.908. The number of nitrogens with one attached hydrogen (secondary N) is 2. The molecule has 1 aliphatic rings. The van der Waals surface area contributed by atoms with Crippen molar-refractivity contribution >= 4 is 15.8 Å². The average molecular weight is 363 g/mol. The Morgan fingerprint density at radius 3 is 2.50 bits per heavy atom. The number of guanidine groups is 1. The molecule has 7 nitrogen and oxygen atoms in total. The predicted molar refractivity (Wildman–Crippen MR) is 99.4 cm³/mol. The monoisotopic (exact) mass is 362 g/mol. The molecule has 0 aromatic rings. The molecule has 2 N–H and O–H groups in total. The highest BCUT2D eigenvalue weighted by Crippen LogP contribution is 2.10. The molecule has 1 aliphatic heterocycles. The number of rotatable bonds is 8. The first-order valence-corrected chi connectivity index (χ1v) is 10.8. The van der Waals surface area contributed by atoms with Gasteiger partial charge in [0.15, 0.2) is 5.96 Å². The van der Waals surface area contributed by atoms with Crippen molar-refractivity contribution in [2.24, 2.45) is 4.99 Å². The molecule has 1 saturated heterocycles. The molecule has 0 saturated carbocycles. The smallest absolute Gasteiger partial charge is 0.191 e. The molecule has 3 unspecified atom stereocenters. The van der Waals surface area contributed by atoms with Crippen LogP contribution in [0, 0.1) is 0 Å². The number of hydrogen-bond donors (Lipinski definition) is 2. The van der Waals surface area contributed by atoms with Crippen molar-refractivity contribution in [1.29, 1.82) is 0 Å². The first-order chi connectivity index (χ1) is 11.2. The number of hydrogen-bond acceptors (Lipinski definition) is 5. The van der Waals surface area contributed by atoms with E-state index in [1.165, 1.54) is 6.26 Å². The maximum atomic E-state index is 11.2. The van der Waals surface area contributed by atoms with Crippen LogP contribution in [0.3, 0.4) is 0 Å². The minimum atomic E-state index is -2.92. The minimum absolute atomic E-state index is 0.0619. The summed E-state index contributed by atoms with van der Waals surface area (Å²) >= 11 is 0. The second-order valence-corrected chi connectivity index (χ2v) is 9.09. The van der Waals surface area contributed by atoms with Gasteiger partial charge >= 0.3 is 0 Å². The molecule has 142 valence electrons. The second-order valence-electron chi connectivity index (χ2n) is 6.83. The van der Waals surface area contributed by atoms with Crippen molar-refractivity contribution in [1.82, 2.24) is 15.5 Å². The van der Waals surface area contributed by atoms with Gasteiger partial charge in [0.1, 0.15) is 9.84 Å². The van der Waals surface area contributed by atoms with Crippen LogP contribution in [0.5, 0.6) is 0 Å². The summed E-state index contributed by atoms with van der Waals surface area (Å²) in [7, 11) is -1.19. The van der Waals surface area contributed by atoms with Crippen LogP contribution >= 0.6 is 0 Å². The summed E-state index contributed by atoms with van der Waals surface area (Å²) in [6.07, 6.45) is 3.46. The Labute approximate surface area is 147 Å². The van der Waals surface area contributed by atoms with E-state index in [4.69, 9.17) is 4.74 Å². The molecule has 3 atom stereocenters. The van der Waals surface area contributed by atoms with E-state index in [9.17, 15) is 8.42 Å². The van der Waals surface area contributed by atoms with E-state index in [-0.39, 0.29) is 11.8 Å². The van der Waals surface area contributed by atoms with Gasteiger partial charge < -0.3 is 15.4 Å². The van der Waals surface area contributed by atoms with Crippen molar-refractivity contribution in [2.75, 3.05) is 45.2 Å². The van der Waals surface area contributed by atoms with E-state index in [1.807, 2.05) is 6.92 Å². The highest BCUT2D eigenvalue weighted by molar-refractivity contribution is 7.90. The van der Waals surface area contributed by atoms with Crippen LogP contribution in [0.4, 0.5) is 0 Å². The van der Waals surface area contributed by atoms with Gasteiger partial charge in [0.05, 0.1) is 18.0 Å². The van der Waals surface area contributed by atoms with Crippen LogP contribution in [-0.4, -0.2) is 82.8 Å². The number of aliphatic imine (C=N–C) groups is 1. The van der Waals surface area contributed by atoms with Gasteiger partial charge in [-0.05, 0) is 33.6 Å². The van der Waals surface area contributed by atoms with Crippen molar-refractivity contribution in [3.8, 4) is 0 Å². The molecule has 1 heterocycles. The maximum Gasteiger partial charge on any atom is 0.191 e. The van der Waals surface area contributed by atoms with E-state index in [0.29, 0.717) is 18.6 Å². The lowest BCUT2D eigenvalue weighted by atomic mass is 10.2. The average Bonchev–Trinajstić information content (AvgIpc) is 2.46. The zero-order valence-corrected chi connectivity index (χ0v) is 16.5. The standard InChI is InChI=1S/C16H34N4O3S/c1-13(7-10-24(5,21)22)19-16(17-4)18-8-6-9-20-11-14(2)23-15(3)12-20/h13-15H,6-12H2,1-5H3,(H2,17,18,19). The third-order valence-electron chi connectivity index (χ3n) is 3.97. The van der Waals surface area contributed by atoms with Gasteiger partial charge in [-0.3, -0.25) is 9.89 Å². The third kappa shape index (κ3) is 9.44. The number of nitrogens with zero attached hydrogens (tertiary/aromatic N) is 2. The van der Waals surface area contributed by atoms with Crippen LogP contribution in [0.2, 0.25) is 0 Å². The molecule has 0 aromatic carbocycles. The zero-order chi connectivity index (χ0) is 18.2. The second kappa shape index (κ2) is 10.2. The van der Waals surface area contributed by atoms with E-state index >= 15 is 0 Å². The molecule has 0 bridgehead atoms. The van der Waals surface area contributed by atoms with E-state index in [2.05, 4.69) is 34.4 Å². The highest BCUT2D eigenvalue weighted by atomic mass is 32.2. The van der Waals surface area contributed by atoms with Gasteiger partial charge in [0.25, 0.3) is 0 Å². The van der Waals surface area contributed by atoms with Crippen LogP contribution in [0.25, 0.3) is 0 Å². The van der Waals surface area contributed by atoms with Crippen LogP contribution < -0.4 is 10.6 Å². The lowest BCUT2D eigenvalue weighted by Crippen LogP contribution is -2.47. The van der Waals surface area contributed by atoms with E-state index in [1.54, 1.807) is 7.05 Å². The Bertz CT molecular complexity index is 486. The number of sulfone groups is 1. The normalized spacial score (nSPS) is 24.6. The van der Waals surface area contributed by atoms with Gasteiger partial charge in [0.2, 0.25) is 0 Å². The van der Waals surface area contributed by atoms with Gasteiger partial charge in [0, 0.05) is 45.5 Å². The first kappa shape index (κ1) is 21.2. The fraction of sp³-hybridized carbons (Fsp3) is 0.938. The molecule has 0 spiro atoms. The zero-order valence-electron chi connectivity index (χ0n) is 15.7. The van der Waals surface area contributed by atoms with Crippen LogP contribution in [0.1, 0.15) is 33.6 Å². The molecule has 24 heavy (non-hydrogen) atoms. The molecule has 0 aliphatic carbocycles. The maximum absolute atomic E-state index is 11.2. The lowest BCUT2D eigenvalue weighted by Gasteiger charge is -2.35. The molecule has 0 aromatic heterocycles. The largest absolute Gasteiger partial charge is 0.373 e. The Kier molecular flexibility index (Phi) is 9.01. The molecule has 0 amide bonds. The fourth-order valence-electron chi connectivity index (χ4n) is 2.87. The summed E-state index contributed by atoms with van der Waals surface area (Å²) in [4.78, 5) is 6.63. The summed E-state index contributed by atoms with van der Waals surface area (Å²) in [5, 5.41) is 6.52. The highest BCUT2D eigenvalue weighted by Gasteiger charge is 2.21. The predicted octanol–water partition coefficient (Wildman–Crippen LogP) is 0.474. The van der Waals surface area contributed by atoms with Crippen LogP contribution in [0.15, 0.2) is 4.99 Å². The molecular formula is C16H34N4O3S. The van der Waals surface area contributed by atoms with Crippen molar-refractivity contribution < 1.29 is 13.2 Å². The molecule has 1 fully saturated rings. The Hall–Kier alpha value is -0.860. The SMILES string of the molecule is CN=C(NCCCN1CC(C)OC(C)C1)NC(C)CCS(C)(=O)=O. The summed E-state index contributed by atoms with van der Waals surface area (Å²) in [5.41, 5.74) is 0. The number of morpholine rings is 1. The van der Waals surface area contributed by atoms with Gasteiger partial charge in [-0.25, -0.2) is 8.42 Å². The molecule has 8 heteroatoms. The fourth-order valence-corrected chi connectivity index (χ4v) is 3.65. The molecular weight excluding hydrogens is 328 g/mol. The summed E-state index contributed by atoms with van der Waals surface area (Å²) < 4.78 is 28.2. The number of ether oxygens (including phenoxy) is 1. The Balaban J connectivity index is 2.22. The summed E-state index contributed by atoms with van der Waals surface area (Å²) in [6.45, 7) is 10.0. The third-order valence-corrected chi connectivity index (χ3v) is 4.94. The quantitative estimate of drug-likeness (QED) is 0.371. The van der Waals surface area contributed by atoms with Gasteiger partial charge in [-0.2, -0.15) is 0 Å². The van der Waals surface area contributed by atoms with Crippen molar-refractivity contribution in [3.63, 3.8) is 0 Å². The lowest BCUT2D eigenvalue weighted by molar-refractivity contribution is -0.0679.